The van der Waals surface area contributed by atoms with Crippen molar-refractivity contribution >= 4 is 33.0 Å². The minimum atomic E-state index is -3.60. The molecule has 1 saturated carbocycles. The number of aromatic nitrogens is 3. The van der Waals surface area contributed by atoms with Gasteiger partial charge in [0.1, 0.15) is 12.4 Å². The van der Waals surface area contributed by atoms with Gasteiger partial charge in [-0.15, -0.1) is 0 Å². The Morgan fingerprint density at radius 1 is 1.09 bits per heavy atom. The van der Waals surface area contributed by atoms with Crippen LogP contribution >= 0.6 is 23.2 Å². The molecule has 1 aliphatic carbocycles. The van der Waals surface area contributed by atoms with Crippen molar-refractivity contribution in [2.45, 2.75) is 54.9 Å². The number of benzene rings is 1. The Hall–Kier alpha value is -2.26. The second-order valence-electron chi connectivity index (χ2n) is 9.06. The molecule has 0 bridgehead atoms. The van der Waals surface area contributed by atoms with Crippen molar-refractivity contribution in [2.75, 3.05) is 14.1 Å². The third-order valence-corrected chi connectivity index (χ3v) is 8.95. The number of pyridine rings is 1. The lowest BCUT2D eigenvalue weighted by Crippen LogP contribution is -2.46. The van der Waals surface area contributed by atoms with Gasteiger partial charge in [-0.3, -0.25) is 0 Å². The van der Waals surface area contributed by atoms with E-state index in [1.165, 1.54) is 18.1 Å². The SMILES string of the molecule is Cc1nc(O[C@H]2CC[C@H](c3ccc(Cl)c(Cl)c3)C[C@@H]2N(C)C)ccc1S(=O)(=O)Cc1ccncn1. The first-order chi connectivity index (χ1) is 16.6. The van der Waals surface area contributed by atoms with Crippen LogP contribution in [0.2, 0.25) is 10.0 Å². The van der Waals surface area contributed by atoms with Crippen LogP contribution in [-0.4, -0.2) is 54.5 Å². The highest BCUT2D eigenvalue weighted by Gasteiger charge is 2.34. The molecular formula is C25H28Cl2N4O3S. The van der Waals surface area contributed by atoms with Crippen LogP contribution in [0, 0.1) is 6.92 Å². The fraction of sp³-hybridized carbons (Fsp3) is 0.400. The molecular weight excluding hydrogens is 507 g/mol. The van der Waals surface area contributed by atoms with E-state index in [1.54, 1.807) is 25.1 Å². The number of rotatable bonds is 7. The lowest BCUT2D eigenvalue weighted by Gasteiger charge is -2.39. The summed E-state index contributed by atoms with van der Waals surface area (Å²) >= 11 is 12.3. The largest absolute Gasteiger partial charge is 0.473 e. The maximum absolute atomic E-state index is 12.9. The number of likely N-dealkylation sites (N-methyl/N-ethyl adjacent to an activating group) is 1. The molecule has 3 aromatic rings. The number of hydrogen-bond donors (Lipinski definition) is 0. The van der Waals surface area contributed by atoms with Gasteiger partial charge in [0, 0.05) is 18.3 Å². The van der Waals surface area contributed by atoms with E-state index < -0.39 is 9.84 Å². The molecule has 2 heterocycles. The van der Waals surface area contributed by atoms with Gasteiger partial charge in [0.05, 0.1) is 32.1 Å². The zero-order valence-corrected chi connectivity index (χ0v) is 22.2. The molecule has 35 heavy (non-hydrogen) atoms. The summed E-state index contributed by atoms with van der Waals surface area (Å²) < 4.78 is 32.1. The molecule has 7 nitrogen and oxygen atoms in total. The van der Waals surface area contributed by atoms with Gasteiger partial charge in [-0.2, -0.15) is 0 Å². The summed E-state index contributed by atoms with van der Waals surface area (Å²) in [5.41, 5.74) is 2.02. The smallest absolute Gasteiger partial charge is 0.213 e. The molecule has 0 spiro atoms. The van der Waals surface area contributed by atoms with Gasteiger partial charge in [0.25, 0.3) is 0 Å². The van der Waals surface area contributed by atoms with Crippen LogP contribution < -0.4 is 4.74 Å². The molecule has 0 aliphatic heterocycles. The third kappa shape index (κ3) is 6.12. The van der Waals surface area contributed by atoms with E-state index in [0.717, 1.165) is 19.3 Å². The minimum absolute atomic E-state index is 0.0700. The lowest BCUT2D eigenvalue weighted by molar-refractivity contribution is 0.0512. The van der Waals surface area contributed by atoms with E-state index in [1.807, 2.05) is 32.3 Å². The molecule has 1 fully saturated rings. The molecule has 1 aliphatic rings. The van der Waals surface area contributed by atoms with Crippen molar-refractivity contribution in [1.29, 1.82) is 0 Å². The zero-order chi connectivity index (χ0) is 25.2. The zero-order valence-electron chi connectivity index (χ0n) is 19.9. The summed E-state index contributed by atoms with van der Waals surface area (Å²) in [5, 5.41) is 1.12. The fourth-order valence-electron chi connectivity index (χ4n) is 4.62. The van der Waals surface area contributed by atoms with Gasteiger partial charge in [-0.25, -0.2) is 23.4 Å². The van der Waals surface area contributed by atoms with E-state index >= 15 is 0 Å². The van der Waals surface area contributed by atoms with Crippen LogP contribution in [0.3, 0.4) is 0 Å². The molecule has 2 aromatic heterocycles. The maximum atomic E-state index is 12.9. The van der Waals surface area contributed by atoms with Crippen LogP contribution in [-0.2, 0) is 15.6 Å². The molecule has 4 rings (SSSR count). The van der Waals surface area contributed by atoms with E-state index in [-0.39, 0.29) is 22.8 Å². The maximum Gasteiger partial charge on any atom is 0.213 e. The van der Waals surface area contributed by atoms with Crippen LogP contribution in [0.15, 0.2) is 53.8 Å². The average molecular weight is 535 g/mol. The number of sulfone groups is 1. The first-order valence-electron chi connectivity index (χ1n) is 11.4. The van der Waals surface area contributed by atoms with Gasteiger partial charge in [0.2, 0.25) is 5.88 Å². The van der Waals surface area contributed by atoms with Gasteiger partial charge in [0.15, 0.2) is 9.84 Å². The normalized spacial score (nSPS) is 20.7. The Morgan fingerprint density at radius 3 is 2.54 bits per heavy atom. The molecule has 3 atom stereocenters. The summed E-state index contributed by atoms with van der Waals surface area (Å²) in [6, 6.07) is 10.8. The molecule has 0 unspecified atom stereocenters. The predicted molar refractivity (Wildman–Crippen MR) is 137 cm³/mol. The van der Waals surface area contributed by atoms with E-state index in [4.69, 9.17) is 27.9 Å². The van der Waals surface area contributed by atoms with Crippen molar-refractivity contribution in [2.24, 2.45) is 0 Å². The number of nitrogens with zero attached hydrogens (tertiary/aromatic N) is 4. The molecule has 0 saturated heterocycles. The highest BCUT2D eigenvalue weighted by atomic mass is 35.5. The van der Waals surface area contributed by atoms with Crippen molar-refractivity contribution in [1.82, 2.24) is 19.9 Å². The van der Waals surface area contributed by atoms with Crippen LogP contribution in [0.1, 0.15) is 42.1 Å². The molecule has 0 N–H and O–H groups in total. The lowest BCUT2D eigenvalue weighted by atomic mass is 9.79. The Kier molecular flexibility index (Phi) is 7.96. The average Bonchev–Trinajstić information content (AvgIpc) is 2.81. The fourth-order valence-corrected chi connectivity index (χ4v) is 6.41. The summed E-state index contributed by atoms with van der Waals surface area (Å²) in [7, 11) is 0.483. The highest BCUT2D eigenvalue weighted by molar-refractivity contribution is 7.90. The van der Waals surface area contributed by atoms with Crippen molar-refractivity contribution in [3.8, 4) is 5.88 Å². The van der Waals surface area contributed by atoms with Gasteiger partial charge >= 0.3 is 0 Å². The number of hydrogen-bond acceptors (Lipinski definition) is 7. The highest BCUT2D eigenvalue weighted by Crippen LogP contribution is 2.38. The Labute approximate surface area is 216 Å². The Balaban J connectivity index is 1.48. The van der Waals surface area contributed by atoms with E-state index in [9.17, 15) is 8.42 Å². The summed E-state index contributed by atoms with van der Waals surface area (Å²) in [6.07, 6.45) is 5.47. The summed E-state index contributed by atoms with van der Waals surface area (Å²) in [6.45, 7) is 1.68. The number of ether oxygens (including phenoxy) is 1. The number of halogens is 2. The minimum Gasteiger partial charge on any atom is -0.473 e. The van der Waals surface area contributed by atoms with E-state index in [0.29, 0.717) is 33.2 Å². The standard InChI is InChI=1S/C25H28Cl2N4O3S/c1-16-24(35(32,33)14-19-10-11-28-15-29-19)8-9-25(30-16)34-23-7-5-18(13-22(23)31(2)3)17-4-6-20(26)21(27)12-17/h4,6,8-12,15,18,22-23H,5,7,13-14H2,1-3H3/t18-,22-,23-/m0/s1. The van der Waals surface area contributed by atoms with Gasteiger partial charge < -0.3 is 9.64 Å². The Bertz CT molecular complexity index is 1290. The number of aryl methyl sites for hydroxylation is 1. The third-order valence-electron chi connectivity index (χ3n) is 6.43. The first kappa shape index (κ1) is 25.8. The molecule has 10 heteroatoms. The van der Waals surface area contributed by atoms with Crippen molar-refractivity contribution in [3.63, 3.8) is 0 Å². The summed E-state index contributed by atoms with van der Waals surface area (Å²) in [5.74, 6) is 0.564. The molecule has 186 valence electrons. The second kappa shape index (κ2) is 10.8. The molecule has 0 radical (unpaired) electrons. The van der Waals surface area contributed by atoms with Crippen LogP contribution in [0.4, 0.5) is 0 Å². The monoisotopic (exact) mass is 534 g/mol. The topological polar surface area (TPSA) is 85.3 Å². The van der Waals surface area contributed by atoms with Crippen LogP contribution in [0.5, 0.6) is 5.88 Å². The second-order valence-corrected chi connectivity index (χ2v) is 11.8. The van der Waals surface area contributed by atoms with E-state index in [2.05, 4.69) is 19.9 Å². The predicted octanol–water partition coefficient (Wildman–Crippen LogP) is 5.11. The quantitative estimate of drug-likeness (QED) is 0.416. The van der Waals surface area contributed by atoms with Gasteiger partial charge in [-0.1, -0.05) is 29.3 Å². The van der Waals surface area contributed by atoms with Crippen molar-refractivity contribution < 1.29 is 13.2 Å². The van der Waals surface area contributed by atoms with Crippen LogP contribution in [0.25, 0.3) is 0 Å². The summed E-state index contributed by atoms with van der Waals surface area (Å²) in [4.78, 5) is 14.7. The molecule has 0 amide bonds. The van der Waals surface area contributed by atoms with Gasteiger partial charge in [-0.05, 0) is 76.0 Å². The molecule has 1 aromatic carbocycles. The first-order valence-corrected chi connectivity index (χ1v) is 13.8. The Morgan fingerprint density at radius 2 is 1.89 bits per heavy atom. The van der Waals surface area contributed by atoms with Crippen molar-refractivity contribution in [3.05, 3.63) is 75.9 Å².